The average Bonchev–Trinajstić information content (AvgIpc) is 2.35. The van der Waals surface area contributed by atoms with Crippen LogP contribution in [-0.4, -0.2) is 8.07 Å². The topological polar surface area (TPSA) is 71.4 Å². The monoisotopic (exact) mass is 251 g/mol. The van der Waals surface area contributed by atoms with E-state index < -0.39 is 8.07 Å². The number of nitriles is 3. The van der Waals surface area contributed by atoms with E-state index in [1.165, 1.54) is 5.19 Å². The summed E-state index contributed by atoms with van der Waals surface area (Å²) in [6.45, 7) is 6.71. The highest BCUT2D eigenvalue weighted by atomic mass is 28.3. The largest absolute Gasteiger partial charge is 0.192 e. The molecule has 0 amide bonds. The van der Waals surface area contributed by atoms with Gasteiger partial charge in [-0.1, -0.05) is 49.1 Å². The molecule has 1 rings (SSSR count). The van der Waals surface area contributed by atoms with E-state index in [9.17, 15) is 0 Å². The number of hydrogen-bond donors (Lipinski definition) is 0. The van der Waals surface area contributed by atoms with E-state index in [1.807, 2.05) is 18.2 Å². The molecule has 1 aromatic carbocycles. The van der Waals surface area contributed by atoms with Gasteiger partial charge >= 0.3 is 0 Å². The van der Waals surface area contributed by atoms with Gasteiger partial charge in [0, 0.05) is 0 Å². The average molecular weight is 251 g/mol. The third-order valence-corrected chi connectivity index (χ3v) is 4.69. The molecule has 0 spiro atoms. The summed E-state index contributed by atoms with van der Waals surface area (Å²) < 4.78 is 0. The van der Waals surface area contributed by atoms with Gasteiger partial charge in [0.25, 0.3) is 0 Å². The number of hydrogen-bond acceptors (Lipinski definition) is 3. The van der Waals surface area contributed by atoms with Gasteiger partial charge in [0.15, 0.2) is 0 Å². The molecule has 0 saturated carbocycles. The van der Waals surface area contributed by atoms with Crippen molar-refractivity contribution in [2.24, 2.45) is 0 Å². The molecule has 1 aromatic rings. The molecule has 0 unspecified atom stereocenters. The first-order chi connectivity index (χ1) is 8.43. The molecular formula is C14H13N3Si. The zero-order valence-corrected chi connectivity index (χ0v) is 11.7. The van der Waals surface area contributed by atoms with Crippen molar-refractivity contribution < 1.29 is 0 Å². The molecule has 0 radical (unpaired) electrons. The first-order valence-corrected chi connectivity index (χ1v) is 8.99. The second-order valence-corrected chi connectivity index (χ2v) is 9.99. The maximum absolute atomic E-state index is 9.04. The Bertz CT molecular complexity index is 583. The summed E-state index contributed by atoms with van der Waals surface area (Å²) in [5.74, 6) is 0. The van der Waals surface area contributed by atoms with E-state index in [0.29, 0.717) is 5.56 Å². The molecule has 88 valence electrons. The molecule has 0 heterocycles. The summed E-state index contributed by atoms with van der Waals surface area (Å²) >= 11 is 0. The highest BCUT2D eigenvalue weighted by molar-refractivity contribution is 6.88. The number of nitrogens with zero attached hydrogens (tertiary/aromatic N) is 3. The van der Waals surface area contributed by atoms with Gasteiger partial charge in [-0.2, -0.15) is 15.8 Å². The fourth-order valence-corrected chi connectivity index (χ4v) is 2.71. The van der Waals surface area contributed by atoms with Crippen LogP contribution in [0.1, 0.15) is 5.56 Å². The van der Waals surface area contributed by atoms with Crippen LogP contribution in [0.5, 0.6) is 0 Å². The summed E-state index contributed by atoms with van der Waals surface area (Å²) in [5.41, 5.74) is 0.623. The molecule has 0 N–H and O–H groups in total. The van der Waals surface area contributed by atoms with Crippen LogP contribution in [0.2, 0.25) is 19.6 Å². The van der Waals surface area contributed by atoms with Crippen LogP contribution in [0.4, 0.5) is 0 Å². The van der Waals surface area contributed by atoms with Crippen LogP contribution in [-0.2, 0) is 0 Å². The first kappa shape index (κ1) is 13.7. The van der Waals surface area contributed by atoms with Crippen molar-refractivity contribution in [3.63, 3.8) is 0 Å². The van der Waals surface area contributed by atoms with Crippen molar-refractivity contribution in [2.45, 2.75) is 19.6 Å². The van der Waals surface area contributed by atoms with Gasteiger partial charge in [-0.3, -0.25) is 0 Å². The van der Waals surface area contributed by atoms with Crippen molar-refractivity contribution in [3.8, 4) is 18.2 Å². The van der Waals surface area contributed by atoms with E-state index >= 15 is 0 Å². The lowest BCUT2D eigenvalue weighted by molar-refractivity contribution is 1.45. The van der Waals surface area contributed by atoms with Crippen molar-refractivity contribution >= 4 is 18.8 Å². The molecule has 0 saturated heterocycles. The standard InChI is InChI=1S/C14H13N3Si/c1-18(2,3)13-6-4-11(5-7-13)14(10-17)12(8-15)9-16/h4-7H,1-3H3. The predicted molar refractivity (Wildman–Crippen MR) is 73.2 cm³/mol. The van der Waals surface area contributed by atoms with Gasteiger partial charge in [-0.25, -0.2) is 0 Å². The molecular weight excluding hydrogens is 238 g/mol. The Balaban J connectivity index is 3.31. The molecule has 0 fully saturated rings. The van der Waals surface area contributed by atoms with Crippen molar-refractivity contribution in [1.29, 1.82) is 15.8 Å². The van der Waals surface area contributed by atoms with Crippen LogP contribution in [0.25, 0.3) is 5.57 Å². The number of rotatable bonds is 2. The Morgan fingerprint density at radius 2 is 1.39 bits per heavy atom. The summed E-state index contributed by atoms with van der Waals surface area (Å²) in [4.78, 5) is 0. The SMILES string of the molecule is C[Si](C)(C)c1ccc(C(C#N)=C(C#N)C#N)cc1. The normalized spacial score (nSPS) is 9.78. The van der Waals surface area contributed by atoms with Crippen molar-refractivity contribution in [3.05, 3.63) is 35.4 Å². The summed E-state index contributed by atoms with van der Waals surface area (Å²) in [7, 11) is -1.37. The Kier molecular flexibility index (Phi) is 4.05. The highest BCUT2D eigenvalue weighted by Gasteiger charge is 2.16. The fourth-order valence-electron chi connectivity index (χ4n) is 1.54. The third-order valence-electron chi connectivity index (χ3n) is 2.63. The second kappa shape index (κ2) is 5.32. The van der Waals surface area contributed by atoms with E-state index in [0.717, 1.165) is 0 Å². The highest BCUT2D eigenvalue weighted by Crippen LogP contribution is 2.17. The molecule has 4 heteroatoms. The van der Waals surface area contributed by atoms with E-state index in [1.54, 1.807) is 24.3 Å². The van der Waals surface area contributed by atoms with Gasteiger partial charge in [-0.05, 0) is 5.56 Å². The second-order valence-electron chi connectivity index (χ2n) is 4.91. The lowest BCUT2D eigenvalue weighted by Gasteiger charge is -2.16. The Hall–Kier alpha value is -2.35. The van der Waals surface area contributed by atoms with Crippen LogP contribution in [0, 0.1) is 34.0 Å². The molecule has 3 nitrogen and oxygen atoms in total. The predicted octanol–water partition coefficient (Wildman–Crippen LogP) is 2.56. The summed E-state index contributed by atoms with van der Waals surface area (Å²) in [6.07, 6.45) is 0. The zero-order valence-electron chi connectivity index (χ0n) is 10.7. The molecule has 0 bridgehead atoms. The summed E-state index contributed by atoms with van der Waals surface area (Å²) in [6, 6.07) is 13.0. The molecule has 0 aliphatic carbocycles. The van der Waals surface area contributed by atoms with Gasteiger partial charge in [-0.15, -0.1) is 0 Å². The Morgan fingerprint density at radius 1 is 0.889 bits per heavy atom. The third kappa shape index (κ3) is 2.86. The van der Waals surface area contributed by atoms with Crippen LogP contribution >= 0.6 is 0 Å². The van der Waals surface area contributed by atoms with Gasteiger partial charge in [0.1, 0.15) is 23.8 Å². The number of allylic oxidation sites excluding steroid dienone is 2. The number of benzene rings is 1. The molecule has 0 aromatic heterocycles. The van der Waals surface area contributed by atoms with E-state index in [4.69, 9.17) is 15.8 Å². The van der Waals surface area contributed by atoms with Gasteiger partial charge in [0.2, 0.25) is 0 Å². The van der Waals surface area contributed by atoms with Crippen LogP contribution in [0.15, 0.2) is 29.8 Å². The van der Waals surface area contributed by atoms with Crippen molar-refractivity contribution in [1.82, 2.24) is 0 Å². The first-order valence-electron chi connectivity index (χ1n) is 5.49. The smallest absolute Gasteiger partial charge is 0.148 e. The molecule has 0 atom stereocenters. The molecule has 0 aliphatic heterocycles. The molecule has 0 aliphatic rings. The Labute approximate surface area is 108 Å². The van der Waals surface area contributed by atoms with E-state index in [-0.39, 0.29) is 11.1 Å². The minimum Gasteiger partial charge on any atom is -0.192 e. The molecule has 18 heavy (non-hydrogen) atoms. The summed E-state index contributed by atoms with van der Waals surface area (Å²) in [5, 5.41) is 27.9. The maximum atomic E-state index is 9.04. The fraction of sp³-hybridized carbons (Fsp3) is 0.214. The zero-order chi connectivity index (χ0) is 13.8. The van der Waals surface area contributed by atoms with Crippen molar-refractivity contribution in [2.75, 3.05) is 0 Å². The van der Waals surface area contributed by atoms with Gasteiger partial charge in [0.05, 0.1) is 13.6 Å². The Morgan fingerprint density at radius 3 is 1.72 bits per heavy atom. The van der Waals surface area contributed by atoms with Crippen LogP contribution < -0.4 is 5.19 Å². The van der Waals surface area contributed by atoms with Crippen LogP contribution in [0.3, 0.4) is 0 Å². The minimum absolute atomic E-state index is 0.141. The lowest BCUT2D eigenvalue weighted by Crippen LogP contribution is -2.37. The maximum Gasteiger partial charge on any atom is 0.148 e. The van der Waals surface area contributed by atoms with Gasteiger partial charge < -0.3 is 0 Å². The quantitative estimate of drug-likeness (QED) is 0.599. The van der Waals surface area contributed by atoms with E-state index in [2.05, 4.69) is 19.6 Å². The lowest BCUT2D eigenvalue weighted by atomic mass is 10.0. The minimum atomic E-state index is -1.37.